The summed E-state index contributed by atoms with van der Waals surface area (Å²) in [6.07, 6.45) is 1.39. The largest absolute Gasteiger partial charge is 0.469 e. The number of rotatable bonds is 6. The zero-order valence-electron chi connectivity index (χ0n) is 15.0. The van der Waals surface area contributed by atoms with Crippen molar-refractivity contribution in [1.29, 1.82) is 0 Å². The first kappa shape index (κ1) is 19.0. The van der Waals surface area contributed by atoms with E-state index in [2.05, 4.69) is 5.32 Å². The third-order valence-electron chi connectivity index (χ3n) is 4.37. The van der Waals surface area contributed by atoms with Crippen LogP contribution in [0, 0.1) is 0 Å². The molecular formula is C19H26N2O4. The molecule has 0 unspecified atom stereocenters. The smallest absolute Gasteiger partial charge is 0.306 e. The quantitative estimate of drug-likeness (QED) is 0.798. The maximum absolute atomic E-state index is 13.1. The Labute approximate surface area is 148 Å². The number of ether oxygens (including phenoxy) is 1. The zero-order valence-corrected chi connectivity index (χ0v) is 15.0. The lowest BCUT2D eigenvalue weighted by Crippen LogP contribution is -2.49. The number of benzene rings is 1. The van der Waals surface area contributed by atoms with Crippen LogP contribution in [0.15, 0.2) is 30.3 Å². The second-order valence-electron chi connectivity index (χ2n) is 6.60. The highest BCUT2D eigenvalue weighted by Gasteiger charge is 2.38. The minimum atomic E-state index is -0.638. The number of hydrogen-bond donors (Lipinski definition) is 1. The van der Waals surface area contributed by atoms with Gasteiger partial charge in [-0.15, -0.1) is 0 Å². The molecule has 0 saturated carbocycles. The van der Waals surface area contributed by atoms with Crippen molar-refractivity contribution >= 4 is 17.8 Å². The minimum Gasteiger partial charge on any atom is -0.469 e. The third-order valence-corrected chi connectivity index (χ3v) is 4.37. The second-order valence-corrected chi connectivity index (χ2v) is 6.60. The van der Waals surface area contributed by atoms with E-state index in [0.29, 0.717) is 13.0 Å². The standard InChI is InChI=1S/C19H26N2O4/c1-13(2)20-18(23)16-10-7-11-21(16)19(24)15(12-17(22)25-3)14-8-5-4-6-9-14/h4-6,8-9,13,15-16H,7,10-12H2,1-3H3,(H,20,23)/t15-,16-/m0/s1. The van der Waals surface area contributed by atoms with E-state index in [9.17, 15) is 14.4 Å². The molecule has 1 aliphatic heterocycles. The summed E-state index contributed by atoms with van der Waals surface area (Å²) < 4.78 is 4.75. The van der Waals surface area contributed by atoms with Gasteiger partial charge in [0.2, 0.25) is 11.8 Å². The van der Waals surface area contributed by atoms with Crippen LogP contribution in [-0.4, -0.2) is 48.4 Å². The van der Waals surface area contributed by atoms with Gasteiger partial charge in [0.05, 0.1) is 19.4 Å². The number of carbonyl (C=O) groups is 3. The summed E-state index contributed by atoms with van der Waals surface area (Å²) in [7, 11) is 1.31. The number of hydrogen-bond acceptors (Lipinski definition) is 4. The number of methoxy groups -OCH3 is 1. The van der Waals surface area contributed by atoms with Crippen LogP contribution in [0.3, 0.4) is 0 Å². The molecule has 1 aromatic carbocycles. The van der Waals surface area contributed by atoms with Crippen molar-refractivity contribution in [3.63, 3.8) is 0 Å². The topological polar surface area (TPSA) is 75.7 Å². The van der Waals surface area contributed by atoms with Crippen LogP contribution in [0.2, 0.25) is 0 Å². The number of carbonyl (C=O) groups excluding carboxylic acids is 3. The van der Waals surface area contributed by atoms with Crippen LogP contribution in [0.4, 0.5) is 0 Å². The molecule has 2 amide bonds. The first-order valence-corrected chi connectivity index (χ1v) is 8.66. The van der Waals surface area contributed by atoms with Crippen molar-refractivity contribution in [2.75, 3.05) is 13.7 Å². The molecule has 1 N–H and O–H groups in total. The zero-order chi connectivity index (χ0) is 18.4. The first-order chi connectivity index (χ1) is 11.9. The predicted octanol–water partition coefficient (Wildman–Crippen LogP) is 1.85. The lowest BCUT2D eigenvalue weighted by atomic mass is 9.94. The molecule has 6 nitrogen and oxygen atoms in total. The number of esters is 1. The Morgan fingerprint density at radius 3 is 2.52 bits per heavy atom. The lowest BCUT2D eigenvalue weighted by Gasteiger charge is -2.28. The minimum absolute atomic E-state index is 0.0186. The predicted molar refractivity (Wildman–Crippen MR) is 93.8 cm³/mol. The van der Waals surface area contributed by atoms with Gasteiger partial charge in [-0.3, -0.25) is 14.4 Å². The van der Waals surface area contributed by atoms with E-state index in [1.165, 1.54) is 7.11 Å². The normalized spacial score (nSPS) is 18.1. The third kappa shape index (κ3) is 4.81. The molecule has 0 bridgehead atoms. The summed E-state index contributed by atoms with van der Waals surface area (Å²) in [5, 5.41) is 2.88. The fourth-order valence-electron chi connectivity index (χ4n) is 3.17. The highest BCUT2D eigenvalue weighted by molar-refractivity contribution is 5.93. The fraction of sp³-hybridized carbons (Fsp3) is 0.526. The highest BCUT2D eigenvalue weighted by atomic mass is 16.5. The van der Waals surface area contributed by atoms with Crippen LogP contribution in [0.5, 0.6) is 0 Å². The van der Waals surface area contributed by atoms with Crippen LogP contribution < -0.4 is 5.32 Å². The van der Waals surface area contributed by atoms with Crippen LogP contribution >= 0.6 is 0 Å². The van der Waals surface area contributed by atoms with Gasteiger partial charge in [-0.25, -0.2) is 0 Å². The maximum Gasteiger partial charge on any atom is 0.306 e. The number of nitrogens with one attached hydrogen (secondary N) is 1. The number of likely N-dealkylation sites (tertiary alicyclic amines) is 1. The molecule has 1 fully saturated rings. The Balaban J connectivity index is 2.22. The Morgan fingerprint density at radius 2 is 1.92 bits per heavy atom. The van der Waals surface area contributed by atoms with Crippen molar-refractivity contribution in [3.05, 3.63) is 35.9 Å². The van der Waals surface area contributed by atoms with Crippen LogP contribution in [-0.2, 0) is 19.1 Å². The van der Waals surface area contributed by atoms with Crippen LogP contribution in [0.25, 0.3) is 0 Å². The van der Waals surface area contributed by atoms with Crippen molar-refractivity contribution in [2.24, 2.45) is 0 Å². The average Bonchev–Trinajstić information content (AvgIpc) is 3.09. The van der Waals surface area contributed by atoms with Gasteiger partial charge in [-0.1, -0.05) is 30.3 Å². The average molecular weight is 346 g/mol. The molecular weight excluding hydrogens is 320 g/mol. The van der Waals surface area contributed by atoms with E-state index in [1.54, 1.807) is 4.90 Å². The van der Waals surface area contributed by atoms with Gasteiger partial charge in [-0.05, 0) is 32.3 Å². The van der Waals surface area contributed by atoms with Gasteiger partial charge in [0.1, 0.15) is 6.04 Å². The van der Waals surface area contributed by atoms with E-state index in [-0.39, 0.29) is 24.3 Å². The molecule has 136 valence electrons. The van der Waals surface area contributed by atoms with Gasteiger partial charge in [-0.2, -0.15) is 0 Å². The molecule has 2 rings (SSSR count). The van der Waals surface area contributed by atoms with Crippen molar-refractivity contribution in [2.45, 2.75) is 51.1 Å². The summed E-state index contributed by atoms with van der Waals surface area (Å²) in [6, 6.07) is 8.72. The van der Waals surface area contributed by atoms with Gasteiger partial charge >= 0.3 is 5.97 Å². The van der Waals surface area contributed by atoms with Gasteiger partial charge in [0, 0.05) is 12.6 Å². The number of amides is 2. The van der Waals surface area contributed by atoms with Crippen molar-refractivity contribution in [1.82, 2.24) is 10.2 Å². The van der Waals surface area contributed by atoms with Crippen LogP contribution in [0.1, 0.15) is 44.6 Å². The Kier molecular flexibility index (Phi) is 6.56. The second kappa shape index (κ2) is 8.65. The van der Waals surface area contributed by atoms with E-state index in [1.807, 2.05) is 44.2 Å². The molecule has 0 aliphatic carbocycles. The Bertz CT molecular complexity index is 615. The van der Waals surface area contributed by atoms with Gasteiger partial charge < -0.3 is 15.0 Å². The summed E-state index contributed by atoms with van der Waals surface area (Å²) in [6.45, 7) is 4.31. The summed E-state index contributed by atoms with van der Waals surface area (Å²) in [5.74, 6) is -1.41. The molecule has 25 heavy (non-hydrogen) atoms. The van der Waals surface area contributed by atoms with E-state index in [0.717, 1.165) is 12.0 Å². The van der Waals surface area contributed by atoms with Crippen molar-refractivity contribution < 1.29 is 19.1 Å². The molecule has 0 spiro atoms. The summed E-state index contributed by atoms with van der Waals surface area (Å²) in [4.78, 5) is 39.0. The summed E-state index contributed by atoms with van der Waals surface area (Å²) >= 11 is 0. The fourth-order valence-corrected chi connectivity index (χ4v) is 3.17. The molecule has 1 heterocycles. The van der Waals surface area contributed by atoms with E-state index >= 15 is 0 Å². The monoisotopic (exact) mass is 346 g/mol. The molecule has 6 heteroatoms. The molecule has 1 aromatic rings. The molecule has 0 aromatic heterocycles. The van der Waals surface area contributed by atoms with Gasteiger partial charge in [0.25, 0.3) is 0 Å². The SMILES string of the molecule is COC(=O)C[C@H](C(=O)N1CCC[C@H]1C(=O)NC(C)C)c1ccccc1. The maximum atomic E-state index is 13.1. The molecule has 1 aliphatic rings. The molecule has 1 saturated heterocycles. The van der Waals surface area contributed by atoms with E-state index in [4.69, 9.17) is 4.74 Å². The van der Waals surface area contributed by atoms with Crippen molar-refractivity contribution in [3.8, 4) is 0 Å². The number of nitrogens with zero attached hydrogens (tertiary/aromatic N) is 1. The van der Waals surface area contributed by atoms with Gasteiger partial charge in [0.15, 0.2) is 0 Å². The first-order valence-electron chi connectivity index (χ1n) is 8.66. The van der Waals surface area contributed by atoms with E-state index < -0.39 is 17.9 Å². The Hall–Kier alpha value is -2.37. The highest BCUT2D eigenvalue weighted by Crippen LogP contribution is 2.28. The molecule has 2 atom stereocenters. The lowest BCUT2D eigenvalue weighted by molar-refractivity contribution is -0.146. The summed E-state index contributed by atoms with van der Waals surface area (Å²) in [5.41, 5.74) is 0.757. The molecule has 0 radical (unpaired) electrons. The Morgan fingerprint density at radius 1 is 1.24 bits per heavy atom.